The number of morpholine rings is 1. The second-order valence-corrected chi connectivity index (χ2v) is 5.43. The van der Waals surface area contributed by atoms with Gasteiger partial charge in [0.05, 0.1) is 12.2 Å². The highest BCUT2D eigenvalue weighted by Gasteiger charge is 2.30. The topological polar surface area (TPSA) is 29.5 Å². The first-order valence-electron chi connectivity index (χ1n) is 6.10. The highest BCUT2D eigenvalue weighted by atomic mass is 35.5. The summed E-state index contributed by atoms with van der Waals surface area (Å²) in [4.78, 5) is 14.2. The predicted molar refractivity (Wildman–Crippen MR) is 71.9 cm³/mol. The molecule has 1 fully saturated rings. The summed E-state index contributed by atoms with van der Waals surface area (Å²) in [6.07, 6.45) is 0. The number of amides is 1. The molecule has 1 aromatic carbocycles. The van der Waals surface area contributed by atoms with E-state index in [2.05, 4.69) is 0 Å². The Labute approximate surface area is 113 Å². The minimum atomic E-state index is -0.260. The number of ether oxygens (including phenoxy) is 1. The van der Waals surface area contributed by atoms with E-state index in [0.717, 1.165) is 5.56 Å². The molecular weight excluding hydrogens is 250 g/mol. The van der Waals surface area contributed by atoms with Crippen LogP contribution in [0.15, 0.2) is 24.3 Å². The first kappa shape index (κ1) is 13.4. The van der Waals surface area contributed by atoms with Crippen molar-refractivity contribution in [2.75, 3.05) is 19.7 Å². The van der Waals surface area contributed by atoms with Crippen molar-refractivity contribution < 1.29 is 9.53 Å². The molecule has 1 saturated heterocycles. The molecule has 4 heteroatoms. The molecule has 2 rings (SSSR count). The van der Waals surface area contributed by atoms with Gasteiger partial charge in [-0.05, 0) is 31.5 Å². The minimum Gasteiger partial charge on any atom is -0.372 e. The number of halogens is 1. The van der Waals surface area contributed by atoms with Crippen molar-refractivity contribution in [3.63, 3.8) is 0 Å². The van der Waals surface area contributed by atoms with Crippen LogP contribution in [0.3, 0.4) is 0 Å². The standard InChI is InChI=1S/C14H18ClNO2/c1-14(2)10-16(7-8-18-14)13(17)12-5-3-11(9-15)4-6-12/h3-6H,7-10H2,1-2H3. The Morgan fingerprint density at radius 1 is 1.39 bits per heavy atom. The van der Waals surface area contributed by atoms with E-state index in [4.69, 9.17) is 16.3 Å². The third-order valence-corrected chi connectivity index (χ3v) is 3.38. The van der Waals surface area contributed by atoms with Crippen molar-refractivity contribution >= 4 is 17.5 Å². The van der Waals surface area contributed by atoms with Gasteiger partial charge in [-0.15, -0.1) is 11.6 Å². The zero-order chi connectivity index (χ0) is 13.2. The lowest BCUT2D eigenvalue weighted by Gasteiger charge is -2.38. The average Bonchev–Trinajstić information content (AvgIpc) is 2.37. The Balaban J connectivity index is 2.10. The molecule has 0 aliphatic carbocycles. The van der Waals surface area contributed by atoms with Crippen LogP contribution in [0.4, 0.5) is 0 Å². The lowest BCUT2D eigenvalue weighted by atomic mass is 10.1. The molecule has 0 bridgehead atoms. The zero-order valence-corrected chi connectivity index (χ0v) is 11.5. The van der Waals surface area contributed by atoms with Crippen molar-refractivity contribution in [1.29, 1.82) is 0 Å². The average molecular weight is 268 g/mol. The maximum Gasteiger partial charge on any atom is 0.254 e. The molecule has 0 unspecified atom stereocenters. The fourth-order valence-electron chi connectivity index (χ4n) is 2.11. The predicted octanol–water partition coefficient (Wildman–Crippen LogP) is 2.68. The van der Waals surface area contributed by atoms with Crippen LogP contribution in [0.5, 0.6) is 0 Å². The van der Waals surface area contributed by atoms with Gasteiger partial charge in [-0.3, -0.25) is 4.79 Å². The van der Waals surface area contributed by atoms with E-state index >= 15 is 0 Å². The summed E-state index contributed by atoms with van der Waals surface area (Å²) < 4.78 is 5.61. The van der Waals surface area contributed by atoms with E-state index in [1.807, 2.05) is 43.0 Å². The van der Waals surface area contributed by atoms with Gasteiger partial charge in [-0.2, -0.15) is 0 Å². The fraction of sp³-hybridized carbons (Fsp3) is 0.500. The number of rotatable bonds is 2. The summed E-state index contributed by atoms with van der Waals surface area (Å²) in [5, 5.41) is 0. The third-order valence-electron chi connectivity index (χ3n) is 3.07. The van der Waals surface area contributed by atoms with Crippen molar-refractivity contribution in [3.05, 3.63) is 35.4 Å². The number of carbonyl (C=O) groups excluding carboxylic acids is 1. The Morgan fingerprint density at radius 2 is 2.06 bits per heavy atom. The molecule has 98 valence electrons. The summed E-state index contributed by atoms with van der Waals surface area (Å²) in [5.74, 6) is 0.534. The fourth-order valence-corrected chi connectivity index (χ4v) is 2.29. The van der Waals surface area contributed by atoms with Crippen LogP contribution < -0.4 is 0 Å². The molecule has 0 radical (unpaired) electrons. The molecule has 0 atom stereocenters. The highest BCUT2D eigenvalue weighted by Crippen LogP contribution is 2.18. The lowest BCUT2D eigenvalue weighted by Crippen LogP contribution is -2.50. The molecule has 1 heterocycles. The molecule has 0 saturated carbocycles. The molecule has 1 amide bonds. The van der Waals surface area contributed by atoms with Crippen LogP contribution >= 0.6 is 11.6 Å². The number of benzene rings is 1. The van der Waals surface area contributed by atoms with Crippen LogP contribution in [0.2, 0.25) is 0 Å². The molecule has 1 aliphatic rings. The van der Waals surface area contributed by atoms with Gasteiger partial charge in [-0.1, -0.05) is 12.1 Å². The number of hydrogen-bond donors (Lipinski definition) is 0. The SMILES string of the molecule is CC1(C)CN(C(=O)c2ccc(CCl)cc2)CCO1. The van der Waals surface area contributed by atoms with Crippen molar-refractivity contribution in [2.45, 2.75) is 25.3 Å². The van der Waals surface area contributed by atoms with Gasteiger partial charge >= 0.3 is 0 Å². The van der Waals surface area contributed by atoms with Crippen molar-refractivity contribution in [1.82, 2.24) is 4.90 Å². The van der Waals surface area contributed by atoms with Crippen LogP contribution in [-0.4, -0.2) is 36.1 Å². The first-order chi connectivity index (χ1) is 8.52. The maximum atomic E-state index is 12.3. The normalized spacial score (nSPS) is 18.7. The summed E-state index contributed by atoms with van der Waals surface area (Å²) in [6, 6.07) is 7.46. The first-order valence-corrected chi connectivity index (χ1v) is 6.63. The van der Waals surface area contributed by atoms with E-state index in [1.54, 1.807) is 0 Å². The van der Waals surface area contributed by atoms with Crippen LogP contribution in [0.25, 0.3) is 0 Å². The highest BCUT2D eigenvalue weighted by molar-refractivity contribution is 6.17. The van der Waals surface area contributed by atoms with Gasteiger partial charge in [0.25, 0.3) is 5.91 Å². The van der Waals surface area contributed by atoms with Gasteiger partial charge < -0.3 is 9.64 Å². The Kier molecular flexibility index (Phi) is 3.93. The largest absolute Gasteiger partial charge is 0.372 e. The quantitative estimate of drug-likeness (QED) is 0.771. The van der Waals surface area contributed by atoms with E-state index in [1.165, 1.54) is 0 Å². The lowest BCUT2D eigenvalue weighted by molar-refractivity contribution is -0.0764. The molecular formula is C14H18ClNO2. The molecule has 0 spiro atoms. The Hall–Kier alpha value is -1.06. The number of hydrogen-bond acceptors (Lipinski definition) is 2. The van der Waals surface area contributed by atoms with Crippen LogP contribution in [-0.2, 0) is 10.6 Å². The van der Waals surface area contributed by atoms with Gasteiger partial charge in [-0.25, -0.2) is 0 Å². The van der Waals surface area contributed by atoms with Crippen molar-refractivity contribution in [2.24, 2.45) is 0 Å². The second-order valence-electron chi connectivity index (χ2n) is 5.17. The van der Waals surface area contributed by atoms with Crippen LogP contribution in [0.1, 0.15) is 29.8 Å². The van der Waals surface area contributed by atoms with E-state index in [9.17, 15) is 4.79 Å². The smallest absolute Gasteiger partial charge is 0.254 e. The van der Waals surface area contributed by atoms with Crippen molar-refractivity contribution in [3.8, 4) is 0 Å². The third kappa shape index (κ3) is 3.03. The summed E-state index contributed by atoms with van der Waals surface area (Å²) >= 11 is 5.73. The summed E-state index contributed by atoms with van der Waals surface area (Å²) in [7, 11) is 0. The molecule has 3 nitrogen and oxygen atoms in total. The Bertz CT molecular complexity index is 428. The van der Waals surface area contributed by atoms with E-state index in [-0.39, 0.29) is 11.5 Å². The molecule has 0 aromatic heterocycles. The molecule has 1 aromatic rings. The number of carbonyl (C=O) groups is 1. The molecule has 18 heavy (non-hydrogen) atoms. The van der Waals surface area contributed by atoms with E-state index < -0.39 is 0 Å². The summed E-state index contributed by atoms with van der Waals surface area (Å²) in [5.41, 5.74) is 1.47. The van der Waals surface area contributed by atoms with Gasteiger partial charge in [0.2, 0.25) is 0 Å². The monoisotopic (exact) mass is 267 g/mol. The van der Waals surface area contributed by atoms with E-state index in [0.29, 0.717) is 31.1 Å². The minimum absolute atomic E-state index is 0.0625. The zero-order valence-electron chi connectivity index (χ0n) is 10.8. The van der Waals surface area contributed by atoms with Gasteiger partial charge in [0.15, 0.2) is 0 Å². The van der Waals surface area contributed by atoms with Gasteiger partial charge in [0.1, 0.15) is 0 Å². The van der Waals surface area contributed by atoms with Gasteiger partial charge in [0, 0.05) is 24.5 Å². The number of nitrogens with zero attached hydrogens (tertiary/aromatic N) is 1. The Morgan fingerprint density at radius 3 is 2.61 bits per heavy atom. The van der Waals surface area contributed by atoms with Crippen LogP contribution in [0, 0.1) is 0 Å². The molecule has 1 aliphatic heterocycles. The maximum absolute atomic E-state index is 12.3. The summed E-state index contributed by atoms with van der Waals surface area (Å²) in [6.45, 7) is 5.88. The molecule has 0 N–H and O–H groups in total. The number of alkyl halides is 1. The second kappa shape index (κ2) is 5.29.